The second-order valence-electron chi connectivity index (χ2n) is 5.59. The van der Waals surface area contributed by atoms with E-state index in [1.807, 2.05) is 0 Å². The molecule has 5 nitrogen and oxygen atoms in total. The second kappa shape index (κ2) is 7.43. The molecule has 1 amide bonds. The molecule has 0 atom stereocenters. The molecular formula is C16H17F3N2O3. The van der Waals surface area contributed by atoms with Crippen molar-refractivity contribution in [2.75, 3.05) is 13.2 Å². The summed E-state index contributed by atoms with van der Waals surface area (Å²) in [7, 11) is 0. The summed E-state index contributed by atoms with van der Waals surface area (Å²) in [6, 6.07) is 7.91. The van der Waals surface area contributed by atoms with E-state index in [-0.39, 0.29) is 11.5 Å². The molecule has 0 aromatic heterocycles. The fourth-order valence-corrected chi connectivity index (χ4v) is 2.54. The van der Waals surface area contributed by atoms with Crippen molar-refractivity contribution in [2.45, 2.75) is 37.4 Å². The van der Waals surface area contributed by atoms with Crippen LogP contribution in [0.15, 0.2) is 24.3 Å². The maximum atomic E-state index is 12.2. The normalized spacial score (nSPS) is 16.2. The summed E-state index contributed by atoms with van der Waals surface area (Å²) in [4.78, 5) is 12.0. The fourth-order valence-electron chi connectivity index (χ4n) is 2.54. The van der Waals surface area contributed by atoms with E-state index in [9.17, 15) is 23.2 Å². The molecule has 0 bridgehead atoms. The van der Waals surface area contributed by atoms with E-state index in [2.05, 4.69) is 16.1 Å². The van der Waals surface area contributed by atoms with Gasteiger partial charge in [-0.1, -0.05) is 12.1 Å². The Bertz CT molecular complexity index is 620. The molecule has 0 spiro atoms. The number of hydrogen-bond donors (Lipinski definition) is 1. The van der Waals surface area contributed by atoms with E-state index in [1.54, 1.807) is 6.07 Å². The van der Waals surface area contributed by atoms with Gasteiger partial charge < -0.3 is 14.8 Å². The molecule has 0 aliphatic heterocycles. The van der Waals surface area contributed by atoms with Crippen LogP contribution in [-0.4, -0.2) is 30.8 Å². The second-order valence-corrected chi connectivity index (χ2v) is 5.59. The number of para-hydroxylation sites is 2. The van der Waals surface area contributed by atoms with Crippen LogP contribution in [0.4, 0.5) is 13.2 Å². The lowest BCUT2D eigenvalue weighted by molar-refractivity contribution is -0.153. The van der Waals surface area contributed by atoms with Gasteiger partial charge in [0, 0.05) is 0 Å². The molecule has 1 aliphatic carbocycles. The summed E-state index contributed by atoms with van der Waals surface area (Å²) >= 11 is 0. The highest BCUT2D eigenvalue weighted by atomic mass is 19.4. The number of nitriles is 1. The molecule has 2 rings (SSSR count). The maximum Gasteiger partial charge on any atom is 0.422 e. The molecule has 0 heterocycles. The fraction of sp³-hybridized carbons (Fsp3) is 0.500. The van der Waals surface area contributed by atoms with Gasteiger partial charge in [0.15, 0.2) is 24.7 Å². The topological polar surface area (TPSA) is 71.4 Å². The van der Waals surface area contributed by atoms with Gasteiger partial charge in [0.1, 0.15) is 5.54 Å². The largest absolute Gasteiger partial charge is 0.480 e. The molecule has 1 fully saturated rings. The molecule has 1 aromatic carbocycles. The maximum absolute atomic E-state index is 12.2. The molecule has 0 unspecified atom stereocenters. The molecule has 1 aliphatic rings. The van der Waals surface area contributed by atoms with Gasteiger partial charge in [0.05, 0.1) is 6.07 Å². The number of alkyl halides is 3. The van der Waals surface area contributed by atoms with Crippen molar-refractivity contribution in [3.05, 3.63) is 24.3 Å². The average Bonchev–Trinajstić information content (AvgIpc) is 3.00. The minimum Gasteiger partial charge on any atom is -0.480 e. The number of halogens is 3. The number of nitrogens with one attached hydrogen (secondary N) is 1. The minimum atomic E-state index is -4.47. The quantitative estimate of drug-likeness (QED) is 0.863. The molecule has 0 saturated heterocycles. The third-order valence-corrected chi connectivity index (χ3v) is 3.65. The van der Waals surface area contributed by atoms with Crippen LogP contribution >= 0.6 is 0 Å². The highest BCUT2D eigenvalue weighted by Crippen LogP contribution is 2.30. The molecular weight excluding hydrogens is 325 g/mol. The predicted octanol–water partition coefficient (Wildman–Crippen LogP) is 2.96. The summed E-state index contributed by atoms with van der Waals surface area (Å²) in [5.74, 6) is -0.558. The third kappa shape index (κ3) is 5.05. The summed E-state index contributed by atoms with van der Waals surface area (Å²) in [5, 5.41) is 11.9. The minimum absolute atomic E-state index is 0.0364. The number of rotatable bonds is 6. The number of benzene rings is 1. The SMILES string of the molecule is N#CC1(NC(=O)COc2ccccc2OCC(F)(F)F)CCCC1. The lowest BCUT2D eigenvalue weighted by Crippen LogP contribution is -2.47. The van der Waals surface area contributed by atoms with Gasteiger partial charge in [-0.2, -0.15) is 18.4 Å². The Labute approximate surface area is 137 Å². The van der Waals surface area contributed by atoms with E-state index in [1.165, 1.54) is 18.2 Å². The van der Waals surface area contributed by atoms with E-state index in [4.69, 9.17) is 4.74 Å². The van der Waals surface area contributed by atoms with Crippen molar-refractivity contribution < 1.29 is 27.4 Å². The van der Waals surface area contributed by atoms with E-state index in [0.29, 0.717) is 12.8 Å². The molecule has 8 heteroatoms. The molecule has 130 valence electrons. The smallest absolute Gasteiger partial charge is 0.422 e. The first kappa shape index (κ1) is 17.9. The van der Waals surface area contributed by atoms with Crippen LogP contribution in [0.3, 0.4) is 0 Å². The predicted molar refractivity (Wildman–Crippen MR) is 78.4 cm³/mol. The lowest BCUT2D eigenvalue weighted by Gasteiger charge is -2.22. The van der Waals surface area contributed by atoms with Gasteiger partial charge in [-0.25, -0.2) is 0 Å². The Balaban J connectivity index is 1.92. The standard InChI is InChI=1S/C16H17F3N2O3/c17-16(18,19)11-24-13-6-2-1-5-12(13)23-9-14(22)21-15(10-20)7-3-4-8-15/h1-2,5-6H,3-4,7-9,11H2,(H,21,22). The van der Waals surface area contributed by atoms with E-state index < -0.39 is 30.8 Å². The number of nitrogens with zero attached hydrogens (tertiary/aromatic N) is 1. The van der Waals surface area contributed by atoms with Gasteiger partial charge in [-0.05, 0) is 37.8 Å². The Kier molecular flexibility index (Phi) is 5.54. The monoisotopic (exact) mass is 342 g/mol. The summed E-state index contributed by atoms with van der Waals surface area (Å²) in [6.45, 7) is -1.85. The van der Waals surface area contributed by atoms with Crippen molar-refractivity contribution in [3.63, 3.8) is 0 Å². The van der Waals surface area contributed by atoms with Crippen LogP contribution in [0.5, 0.6) is 11.5 Å². The van der Waals surface area contributed by atoms with Crippen LogP contribution < -0.4 is 14.8 Å². The first-order chi connectivity index (χ1) is 11.3. The van der Waals surface area contributed by atoms with Gasteiger partial charge in [0.25, 0.3) is 5.91 Å². The van der Waals surface area contributed by atoms with E-state index >= 15 is 0 Å². The number of carbonyl (C=O) groups excluding carboxylic acids is 1. The van der Waals surface area contributed by atoms with Crippen LogP contribution in [0.1, 0.15) is 25.7 Å². The summed E-state index contributed by atoms with van der Waals surface area (Å²) < 4.78 is 46.6. The van der Waals surface area contributed by atoms with E-state index in [0.717, 1.165) is 12.8 Å². The Morgan fingerprint density at radius 3 is 2.33 bits per heavy atom. The number of hydrogen-bond acceptors (Lipinski definition) is 4. The van der Waals surface area contributed by atoms with Crippen molar-refractivity contribution in [2.24, 2.45) is 0 Å². The van der Waals surface area contributed by atoms with Crippen LogP contribution in [0.25, 0.3) is 0 Å². The zero-order chi connectivity index (χ0) is 17.6. The lowest BCUT2D eigenvalue weighted by atomic mass is 10.00. The van der Waals surface area contributed by atoms with Crippen molar-refractivity contribution >= 4 is 5.91 Å². The molecule has 1 saturated carbocycles. The molecule has 0 radical (unpaired) electrons. The first-order valence-electron chi connectivity index (χ1n) is 7.47. The van der Waals surface area contributed by atoms with Crippen molar-refractivity contribution in [3.8, 4) is 17.6 Å². The van der Waals surface area contributed by atoms with Crippen LogP contribution in [0, 0.1) is 11.3 Å². The zero-order valence-corrected chi connectivity index (χ0v) is 12.9. The number of amides is 1. The highest BCUT2D eigenvalue weighted by Gasteiger charge is 2.35. The third-order valence-electron chi connectivity index (χ3n) is 3.65. The van der Waals surface area contributed by atoms with Crippen LogP contribution in [-0.2, 0) is 4.79 Å². The number of ether oxygens (including phenoxy) is 2. The Morgan fingerprint density at radius 1 is 1.21 bits per heavy atom. The Hall–Kier alpha value is -2.43. The van der Waals surface area contributed by atoms with Gasteiger partial charge in [0.2, 0.25) is 0 Å². The van der Waals surface area contributed by atoms with Crippen molar-refractivity contribution in [1.82, 2.24) is 5.32 Å². The van der Waals surface area contributed by atoms with Gasteiger partial charge in [-0.15, -0.1) is 0 Å². The van der Waals surface area contributed by atoms with Crippen molar-refractivity contribution in [1.29, 1.82) is 5.26 Å². The highest BCUT2D eigenvalue weighted by molar-refractivity contribution is 5.79. The van der Waals surface area contributed by atoms with Gasteiger partial charge >= 0.3 is 6.18 Å². The summed E-state index contributed by atoms with van der Waals surface area (Å²) in [6.07, 6.45) is -1.57. The van der Waals surface area contributed by atoms with Crippen LogP contribution in [0.2, 0.25) is 0 Å². The number of carbonyl (C=O) groups is 1. The first-order valence-corrected chi connectivity index (χ1v) is 7.47. The van der Waals surface area contributed by atoms with Gasteiger partial charge in [-0.3, -0.25) is 4.79 Å². The molecule has 1 aromatic rings. The molecule has 24 heavy (non-hydrogen) atoms. The Morgan fingerprint density at radius 2 is 1.79 bits per heavy atom. The molecule has 1 N–H and O–H groups in total. The summed E-state index contributed by atoms with van der Waals surface area (Å²) in [5.41, 5.74) is -0.868. The average molecular weight is 342 g/mol. The zero-order valence-electron chi connectivity index (χ0n) is 12.9.